The number of benzene rings is 1. The lowest BCUT2D eigenvalue weighted by molar-refractivity contribution is 0.662. The minimum Gasteiger partial charge on any atom is -0.276 e. The highest BCUT2D eigenvalue weighted by Crippen LogP contribution is 2.27. The summed E-state index contributed by atoms with van der Waals surface area (Å²) >= 11 is 8.70. The minimum atomic E-state index is -0.0411. The fraction of sp³-hybridized carbons (Fsp3) is 0.267. The Kier molecular flexibility index (Phi) is 4.45. The normalized spacial score (nSPS) is 11.6. The summed E-state index contributed by atoms with van der Waals surface area (Å²) in [6.45, 7) is 2.62. The molecule has 0 bridgehead atoms. The second kappa shape index (κ2) is 6.74. The van der Waals surface area contributed by atoms with E-state index in [-0.39, 0.29) is 5.56 Å². The molecule has 0 saturated carbocycles. The van der Waals surface area contributed by atoms with Crippen molar-refractivity contribution in [1.29, 1.82) is 0 Å². The van der Waals surface area contributed by atoms with E-state index >= 15 is 0 Å². The summed E-state index contributed by atoms with van der Waals surface area (Å²) < 4.78 is 8.02. The van der Waals surface area contributed by atoms with Gasteiger partial charge in [-0.3, -0.25) is 13.8 Å². The number of rotatable bonds is 5. The van der Waals surface area contributed by atoms with Crippen LogP contribution in [-0.2, 0) is 12.3 Å². The predicted octanol–water partition coefficient (Wildman–Crippen LogP) is 3.25. The van der Waals surface area contributed by atoms with Gasteiger partial charge in [0.25, 0.3) is 5.56 Å². The zero-order chi connectivity index (χ0) is 17.4. The molecule has 0 radical (unpaired) electrons. The third kappa shape index (κ3) is 2.82. The second-order valence-electron chi connectivity index (χ2n) is 5.37. The maximum atomic E-state index is 12.8. The molecule has 0 aliphatic rings. The number of aromatic nitrogens is 6. The number of nitrogens with zero attached hydrogens (tertiary/aromatic N) is 6. The minimum absolute atomic E-state index is 0.0411. The highest BCUT2D eigenvalue weighted by molar-refractivity contribution is 7.98. The van der Waals surface area contributed by atoms with Crippen LogP contribution in [0.2, 0.25) is 4.34 Å². The van der Waals surface area contributed by atoms with E-state index in [4.69, 9.17) is 11.6 Å². The number of aryl methyl sites for hydroxylation is 1. The Hall–Kier alpha value is -1.97. The van der Waals surface area contributed by atoms with E-state index in [1.807, 2.05) is 35.6 Å². The van der Waals surface area contributed by atoms with Gasteiger partial charge >= 0.3 is 0 Å². The van der Waals surface area contributed by atoms with Crippen molar-refractivity contribution < 1.29 is 0 Å². The van der Waals surface area contributed by atoms with Gasteiger partial charge in [-0.25, -0.2) is 0 Å². The van der Waals surface area contributed by atoms with Crippen LogP contribution in [0.25, 0.3) is 16.7 Å². The van der Waals surface area contributed by atoms with Crippen LogP contribution in [0.4, 0.5) is 0 Å². The topological polar surface area (TPSA) is 78.0 Å². The second-order valence-corrected chi connectivity index (χ2v) is 7.67. The standard InChI is InChI=1S/C15H13ClN6OS2/c1-2-7-21-13(23)9-5-3-4-6-11(9)22-14(21)18-19-15(22)24-8-10-12(16)25-20-17-10/h3-6H,2,7-8H2,1H3. The Morgan fingerprint density at radius 3 is 2.84 bits per heavy atom. The fourth-order valence-electron chi connectivity index (χ4n) is 2.67. The highest BCUT2D eigenvalue weighted by Gasteiger charge is 2.17. The van der Waals surface area contributed by atoms with Crippen molar-refractivity contribution in [3.63, 3.8) is 0 Å². The van der Waals surface area contributed by atoms with Gasteiger partial charge in [-0.2, -0.15) is 0 Å². The maximum Gasteiger partial charge on any atom is 0.262 e. The van der Waals surface area contributed by atoms with Gasteiger partial charge in [0.05, 0.1) is 10.9 Å². The molecule has 0 saturated heterocycles. The molecule has 128 valence electrons. The molecule has 3 aromatic heterocycles. The predicted molar refractivity (Wildman–Crippen MR) is 99.5 cm³/mol. The first-order valence-corrected chi connectivity index (χ1v) is 9.80. The number of fused-ring (bicyclic) bond motifs is 3. The number of thioether (sulfide) groups is 1. The largest absolute Gasteiger partial charge is 0.276 e. The molecule has 3 heterocycles. The molecule has 0 amide bonds. The summed E-state index contributed by atoms with van der Waals surface area (Å²) in [6, 6.07) is 7.51. The van der Waals surface area contributed by atoms with Crippen LogP contribution in [0.15, 0.2) is 34.2 Å². The van der Waals surface area contributed by atoms with Gasteiger partial charge in [0.2, 0.25) is 5.78 Å². The Balaban J connectivity index is 1.89. The SMILES string of the molecule is CCCn1c(=O)c2ccccc2n2c(SCc3nnsc3Cl)nnc12. The molecule has 0 spiro atoms. The first-order chi connectivity index (χ1) is 12.2. The zero-order valence-electron chi connectivity index (χ0n) is 13.2. The molecule has 0 atom stereocenters. The van der Waals surface area contributed by atoms with E-state index in [0.29, 0.717) is 33.0 Å². The quantitative estimate of drug-likeness (QED) is 0.485. The van der Waals surface area contributed by atoms with Gasteiger partial charge in [0.1, 0.15) is 10.0 Å². The van der Waals surface area contributed by atoms with Gasteiger partial charge in [-0.15, -0.1) is 15.3 Å². The number of hydrogen-bond donors (Lipinski definition) is 0. The van der Waals surface area contributed by atoms with Crippen LogP contribution >= 0.6 is 34.9 Å². The van der Waals surface area contributed by atoms with E-state index in [1.54, 1.807) is 4.57 Å². The van der Waals surface area contributed by atoms with Crippen molar-refractivity contribution in [1.82, 2.24) is 28.8 Å². The lowest BCUT2D eigenvalue weighted by Gasteiger charge is -2.10. The van der Waals surface area contributed by atoms with Crippen molar-refractivity contribution >= 4 is 51.6 Å². The fourth-order valence-corrected chi connectivity index (χ4v) is 4.34. The average molecular weight is 393 g/mol. The monoisotopic (exact) mass is 392 g/mol. The smallest absolute Gasteiger partial charge is 0.262 e. The summed E-state index contributed by atoms with van der Waals surface area (Å²) in [5.74, 6) is 1.09. The first-order valence-electron chi connectivity index (χ1n) is 7.67. The Bertz CT molecular complexity index is 1120. The van der Waals surface area contributed by atoms with Crippen LogP contribution in [0.1, 0.15) is 19.0 Å². The van der Waals surface area contributed by atoms with Crippen LogP contribution in [0.3, 0.4) is 0 Å². The third-order valence-electron chi connectivity index (χ3n) is 3.77. The number of para-hydroxylation sites is 1. The molecule has 10 heteroatoms. The summed E-state index contributed by atoms with van der Waals surface area (Å²) in [4.78, 5) is 12.8. The number of halogens is 1. The molecule has 4 rings (SSSR count). The van der Waals surface area contributed by atoms with Gasteiger partial charge in [-0.1, -0.05) is 46.9 Å². The summed E-state index contributed by atoms with van der Waals surface area (Å²) in [7, 11) is 0. The maximum absolute atomic E-state index is 12.8. The van der Waals surface area contributed by atoms with Gasteiger partial charge in [0, 0.05) is 23.8 Å². The summed E-state index contributed by atoms with van der Waals surface area (Å²) in [5, 5.41) is 13.9. The van der Waals surface area contributed by atoms with Gasteiger partial charge in [0.15, 0.2) is 5.16 Å². The van der Waals surface area contributed by atoms with Gasteiger partial charge in [-0.05, 0) is 18.6 Å². The van der Waals surface area contributed by atoms with Crippen LogP contribution < -0.4 is 5.56 Å². The average Bonchev–Trinajstić information content (AvgIpc) is 3.23. The Morgan fingerprint density at radius 2 is 2.08 bits per heavy atom. The first kappa shape index (κ1) is 16.5. The van der Waals surface area contributed by atoms with E-state index < -0.39 is 0 Å². The van der Waals surface area contributed by atoms with Crippen molar-refractivity contribution in [3.8, 4) is 0 Å². The molecule has 0 unspecified atom stereocenters. The molecule has 0 aliphatic carbocycles. The zero-order valence-corrected chi connectivity index (χ0v) is 15.6. The highest BCUT2D eigenvalue weighted by atomic mass is 35.5. The van der Waals surface area contributed by atoms with Crippen molar-refractivity contribution in [3.05, 3.63) is 44.6 Å². The Morgan fingerprint density at radius 1 is 1.24 bits per heavy atom. The van der Waals surface area contributed by atoms with Crippen LogP contribution in [-0.4, -0.2) is 28.8 Å². The lowest BCUT2D eigenvalue weighted by Crippen LogP contribution is -2.23. The van der Waals surface area contributed by atoms with Crippen LogP contribution in [0.5, 0.6) is 0 Å². The van der Waals surface area contributed by atoms with Crippen molar-refractivity contribution in [2.75, 3.05) is 0 Å². The molecule has 7 nitrogen and oxygen atoms in total. The summed E-state index contributed by atoms with van der Waals surface area (Å²) in [6.07, 6.45) is 0.837. The van der Waals surface area contributed by atoms with Gasteiger partial charge < -0.3 is 0 Å². The third-order valence-corrected chi connectivity index (χ3v) is 5.70. The molecule has 4 aromatic rings. The molecule has 0 fully saturated rings. The number of hydrogen-bond acceptors (Lipinski definition) is 7. The van der Waals surface area contributed by atoms with E-state index in [1.165, 1.54) is 11.8 Å². The van der Waals surface area contributed by atoms with Crippen LogP contribution in [0, 0.1) is 0 Å². The lowest BCUT2D eigenvalue weighted by atomic mass is 10.2. The molecule has 0 N–H and O–H groups in total. The van der Waals surface area contributed by atoms with E-state index in [2.05, 4.69) is 19.8 Å². The van der Waals surface area contributed by atoms with Crippen molar-refractivity contribution in [2.45, 2.75) is 30.8 Å². The van der Waals surface area contributed by atoms with E-state index in [0.717, 1.165) is 29.2 Å². The molecular formula is C15H13ClN6OS2. The molecule has 25 heavy (non-hydrogen) atoms. The molecule has 1 aromatic carbocycles. The summed E-state index contributed by atoms with van der Waals surface area (Å²) in [5.41, 5.74) is 1.48. The van der Waals surface area contributed by atoms with E-state index in [9.17, 15) is 4.79 Å². The Labute approximate surface area is 155 Å². The van der Waals surface area contributed by atoms with Crippen molar-refractivity contribution in [2.24, 2.45) is 0 Å². The molecular weight excluding hydrogens is 380 g/mol. The molecule has 0 aliphatic heterocycles.